The van der Waals surface area contributed by atoms with E-state index >= 15 is 0 Å². The molecule has 2 amide bonds. The summed E-state index contributed by atoms with van der Waals surface area (Å²) >= 11 is 0. The van der Waals surface area contributed by atoms with Crippen LogP contribution >= 0.6 is 0 Å². The summed E-state index contributed by atoms with van der Waals surface area (Å²) in [4.78, 5) is 27.6. The average Bonchev–Trinajstić information content (AvgIpc) is 3.28. The van der Waals surface area contributed by atoms with Crippen LogP contribution in [0.3, 0.4) is 0 Å². The van der Waals surface area contributed by atoms with Crippen molar-refractivity contribution in [3.05, 3.63) is 18.5 Å². The first-order valence-corrected chi connectivity index (χ1v) is 8.36. The smallest absolute Gasteiger partial charge is 0.340 e. The fourth-order valence-electron chi connectivity index (χ4n) is 3.53. The fraction of sp³-hybridized carbons (Fsp3) is 0.667. The highest BCUT2D eigenvalue weighted by Crippen LogP contribution is 2.32. The summed E-state index contributed by atoms with van der Waals surface area (Å²) in [7, 11) is 0. The van der Waals surface area contributed by atoms with Crippen molar-refractivity contribution in [2.24, 2.45) is 5.92 Å². The molecule has 0 aromatic carbocycles. The molecular formula is C15H19F3N6O2. The lowest BCUT2D eigenvalue weighted by Gasteiger charge is -2.33. The Morgan fingerprint density at radius 1 is 1.15 bits per heavy atom. The van der Waals surface area contributed by atoms with Crippen molar-refractivity contribution in [1.82, 2.24) is 30.0 Å². The molecule has 2 aliphatic rings. The predicted molar refractivity (Wildman–Crippen MR) is 82.6 cm³/mol. The number of halogens is 3. The van der Waals surface area contributed by atoms with Crippen molar-refractivity contribution < 1.29 is 22.8 Å². The first kappa shape index (κ1) is 18.3. The van der Waals surface area contributed by atoms with Crippen molar-refractivity contribution in [3.63, 3.8) is 0 Å². The summed E-state index contributed by atoms with van der Waals surface area (Å²) in [6.07, 6.45) is -1.72. The van der Waals surface area contributed by atoms with Gasteiger partial charge in [-0.15, -0.1) is 5.10 Å². The molecule has 2 unspecified atom stereocenters. The molecule has 2 aliphatic heterocycles. The summed E-state index contributed by atoms with van der Waals surface area (Å²) in [6.45, 7) is 4.80. The van der Waals surface area contributed by atoms with Gasteiger partial charge in [-0.25, -0.2) is 4.68 Å². The monoisotopic (exact) mass is 372 g/mol. The molecule has 0 spiro atoms. The van der Waals surface area contributed by atoms with E-state index in [1.807, 2.05) is 0 Å². The van der Waals surface area contributed by atoms with Crippen molar-refractivity contribution in [2.45, 2.75) is 31.5 Å². The number of rotatable bonds is 3. The van der Waals surface area contributed by atoms with Gasteiger partial charge in [-0.1, -0.05) is 6.58 Å². The Balaban J connectivity index is 1.65. The van der Waals surface area contributed by atoms with E-state index in [-0.39, 0.29) is 24.3 Å². The van der Waals surface area contributed by atoms with Crippen LogP contribution < -0.4 is 0 Å². The highest BCUT2D eigenvalue weighted by molar-refractivity contribution is 5.88. The number of aromatic nitrogens is 4. The standard InChI is InChI=1S/C15H19F3N6O2/c1-2-12(25)22-6-3-4-10(8-22)13(26)23-7-5-11(9-23)24-14(15(16,17)18)19-20-21-24/h2,10-11H,1,3-9H2. The van der Waals surface area contributed by atoms with Gasteiger partial charge >= 0.3 is 6.18 Å². The van der Waals surface area contributed by atoms with Gasteiger partial charge in [0.15, 0.2) is 0 Å². The van der Waals surface area contributed by atoms with Crippen molar-refractivity contribution in [2.75, 3.05) is 26.2 Å². The van der Waals surface area contributed by atoms with Gasteiger partial charge in [0.2, 0.25) is 11.8 Å². The maximum atomic E-state index is 12.9. The summed E-state index contributed by atoms with van der Waals surface area (Å²) in [5, 5.41) is 9.62. The zero-order valence-corrected chi connectivity index (χ0v) is 14.0. The van der Waals surface area contributed by atoms with Gasteiger partial charge in [0.1, 0.15) is 0 Å². The summed E-state index contributed by atoms with van der Waals surface area (Å²) in [5.74, 6) is -1.86. The molecule has 8 nitrogen and oxygen atoms in total. The zero-order chi connectivity index (χ0) is 18.9. The second kappa shape index (κ2) is 7.04. The fourth-order valence-corrected chi connectivity index (χ4v) is 3.53. The Morgan fingerprint density at radius 3 is 2.62 bits per heavy atom. The quantitative estimate of drug-likeness (QED) is 0.736. The topological polar surface area (TPSA) is 84.2 Å². The molecule has 2 saturated heterocycles. The Hall–Kier alpha value is -2.46. The molecule has 0 radical (unpaired) electrons. The molecular weight excluding hydrogens is 353 g/mol. The van der Waals surface area contributed by atoms with Crippen LogP contribution in [0.5, 0.6) is 0 Å². The minimum Gasteiger partial charge on any atom is -0.340 e. The lowest BCUT2D eigenvalue weighted by molar-refractivity contribution is -0.148. The number of tetrazole rings is 1. The number of carbonyl (C=O) groups excluding carboxylic acids is 2. The molecule has 1 aromatic heterocycles. The molecule has 2 atom stereocenters. The molecule has 11 heteroatoms. The van der Waals surface area contributed by atoms with Gasteiger partial charge in [0.25, 0.3) is 5.82 Å². The number of hydrogen-bond acceptors (Lipinski definition) is 5. The van der Waals surface area contributed by atoms with Crippen LogP contribution in [0.2, 0.25) is 0 Å². The second-order valence-electron chi connectivity index (χ2n) is 6.50. The van der Waals surface area contributed by atoms with Crippen LogP contribution in [0.25, 0.3) is 0 Å². The van der Waals surface area contributed by atoms with E-state index < -0.39 is 18.0 Å². The minimum atomic E-state index is -4.64. The number of alkyl halides is 3. The number of hydrogen-bond donors (Lipinski definition) is 0. The summed E-state index contributed by atoms with van der Waals surface area (Å²) in [5.41, 5.74) is 0. The Kier molecular flexibility index (Phi) is 4.97. The Morgan fingerprint density at radius 2 is 1.92 bits per heavy atom. The Bertz CT molecular complexity index is 704. The van der Waals surface area contributed by atoms with Gasteiger partial charge in [-0.05, 0) is 35.8 Å². The van der Waals surface area contributed by atoms with E-state index in [4.69, 9.17) is 0 Å². The lowest BCUT2D eigenvalue weighted by atomic mass is 9.96. The Labute approximate surface area is 147 Å². The summed E-state index contributed by atoms with van der Waals surface area (Å²) in [6, 6.07) is -0.611. The minimum absolute atomic E-state index is 0.124. The molecule has 26 heavy (non-hydrogen) atoms. The lowest BCUT2D eigenvalue weighted by Crippen LogP contribution is -2.46. The van der Waals surface area contributed by atoms with E-state index in [1.165, 1.54) is 6.08 Å². The van der Waals surface area contributed by atoms with Crippen molar-refractivity contribution >= 4 is 11.8 Å². The van der Waals surface area contributed by atoms with Crippen molar-refractivity contribution in [1.29, 1.82) is 0 Å². The van der Waals surface area contributed by atoms with Gasteiger partial charge in [-0.3, -0.25) is 9.59 Å². The maximum Gasteiger partial charge on any atom is 0.453 e. The zero-order valence-electron chi connectivity index (χ0n) is 14.0. The third-order valence-electron chi connectivity index (χ3n) is 4.82. The van der Waals surface area contributed by atoms with E-state index in [0.717, 1.165) is 4.68 Å². The van der Waals surface area contributed by atoms with Crippen LogP contribution in [-0.4, -0.2) is 68.0 Å². The first-order chi connectivity index (χ1) is 12.3. The van der Waals surface area contributed by atoms with Gasteiger partial charge in [0.05, 0.1) is 12.0 Å². The molecule has 0 aliphatic carbocycles. The predicted octanol–water partition coefficient (Wildman–Crippen LogP) is 0.890. The van der Waals surface area contributed by atoms with Crippen LogP contribution in [0.1, 0.15) is 31.1 Å². The molecule has 2 fully saturated rings. The van der Waals surface area contributed by atoms with Crippen LogP contribution in [0.15, 0.2) is 12.7 Å². The number of amides is 2. The SMILES string of the molecule is C=CC(=O)N1CCCC(C(=O)N2CCC(n3nnnc3C(F)(F)F)C2)C1. The normalized spacial score (nSPS) is 24.0. The van der Waals surface area contributed by atoms with Crippen LogP contribution in [0.4, 0.5) is 13.2 Å². The molecule has 1 aromatic rings. The van der Waals surface area contributed by atoms with Gasteiger partial charge < -0.3 is 9.80 Å². The van der Waals surface area contributed by atoms with Gasteiger partial charge in [-0.2, -0.15) is 13.2 Å². The van der Waals surface area contributed by atoms with Crippen molar-refractivity contribution in [3.8, 4) is 0 Å². The van der Waals surface area contributed by atoms with E-state index in [1.54, 1.807) is 9.80 Å². The highest BCUT2D eigenvalue weighted by atomic mass is 19.4. The second-order valence-corrected chi connectivity index (χ2v) is 6.50. The third-order valence-corrected chi connectivity index (χ3v) is 4.82. The van der Waals surface area contributed by atoms with Crippen LogP contribution in [-0.2, 0) is 15.8 Å². The average molecular weight is 372 g/mol. The number of likely N-dealkylation sites (tertiary alicyclic amines) is 2. The largest absolute Gasteiger partial charge is 0.453 e. The molecule has 3 heterocycles. The maximum absolute atomic E-state index is 12.9. The van der Waals surface area contributed by atoms with E-state index in [9.17, 15) is 22.8 Å². The molecule has 0 saturated carbocycles. The highest BCUT2D eigenvalue weighted by Gasteiger charge is 2.42. The molecule has 142 valence electrons. The van der Waals surface area contributed by atoms with Crippen LogP contribution in [0, 0.1) is 5.92 Å². The third kappa shape index (κ3) is 3.56. The molecule has 0 N–H and O–H groups in total. The van der Waals surface area contributed by atoms with E-state index in [0.29, 0.717) is 38.9 Å². The number of carbonyl (C=O) groups is 2. The van der Waals surface area contributed by atoms with E-state index in [2.05, 4.69) is 22.1 Å². The molecule has 3 rings (SSSR count). The van der Waals surface area contributed by atoms with Gasteiger partial charge in [0, 0.05) is 26.2 Å². The number of nitrogens with zero attached hydrogens (tertiary/aromatic N) is 6. The number of piperidine rings is 1. The summed E-state index contributed by atoms with van der Waals surface area (Å²) < 4.78 is 39.6. The molecule has 0 bridgehead atoms. The first-order valence-electron chi connectivity index (χ1n) is 8.36.